The molecule has 1 aromatic heterocycles. The fraction of sp³-hybridized carbons (Fsp3) is 0.480. The fourth-order valence-electron chi connectivity index (χ4n) is 4.95. The van der Waals surface area contributed by atoms with Crippen LogP contribution in [0.25, 0.3) is 0 Å². The number of halogens is 1. The van der Waals surface area contributed by atoms with Gasteiger partial charge in [0.1, 0.15) is 17.7 Å². The average Bonchev–Trinajstić information content (AvgIpc) is 3.32. The maximum absolute atomic E-state index is 13.1. The summed E-state index contributed by atoms with van der Waals surface area (Å²) < 4.78 is 13.1. The standard InChI is InChI=1S/C25H32FN5O2/c1-14(23(32)30-20-12-25(2,3)22-18(20)8-9-21(27)31-22)29-24(33)19-11-16(13-28-19)10-15-4-6-17(26)7-5-15/h4-9,14,16,19-20,28H,10-13H2,1-3H3,(H2,27,31)(H,29,33)(H,30,32)/t14-,16-,19+,20?/m0/s1. The topological polar surface area (TPSA) is 109 Å². The van der Waals surface area contributed by atoms with Gasteiger partial charge in [-0.3, -0.25) is 9.59 Å². The number of amides is 2. The third kappa shape index (κ3) is 5.16. The van der Waals surface area contributed by atoms with E-state index in [2.05, 4.69) is 34.8 Å². The van der Waals surface area contributed by atoms with E-state index in [1.165, 1.54) is 12.1 Å². The van der Waals surface area contributed by atoms with E-state index in [0.717, 1.165) is 29.7 Å². The molecule has 1 aliphatic heterocycles. The zero-order valence-corrected chi connectivity index (χ0v) is 19.3. The molecule has 0 radical (unpaired) electrons. The average molecular weight is 454 g/mol. The highest BCUT2D eigenvalue weighted by atomic mass is 19.1. The third-order valence-electron chi connectivity index (χ3n) is 6.72. The smallest absolute Gasteiger partial charge is 0.242 e. The highest BCUT2D eigenvalue weighted by Gasteiger charge is 2.40. The second kappa shape index (κ2) is 9.09. The Morgan fingerprint density at radius 1 is 1.24 bits per heavy atom. The summed E-state index contributed by atoms with van der Waals surface area (Å²) in [7, 11) is 0. The molecule has 33 heavy (non-hydrogen) atoms. The molecular weight excluding hydrogens is 421 g/mol. The van der Waals surface area contributed by atoms with Crippen LogP contribution in [0.4, 0.5) is 10.2 Å². The van der Waals surface area contributed by atoms with Crippen molar-refractivity contribution in [3.8, 4) is 0 Å². The molecule has 7 nitrogen and oxygen atoms in total. The lowest BCUT2D eigenvalue weighted by atomic mass is 9.90. The Kier molecular flexibility index (Phi) is 6.38. The molecule has 2 aliphatic rings. The number of carbonyl (C=O) groups excluding carboxylic acids is 2. The molecule has 2 aromatic rings. The first-order valence-corrected chi connectivity index (χ1v) is 11.5. The first kappa shape index (κ1) is 23.2. The Hall–Kier alpha value is -3.00. The van der Waals surface area contributed by atoms with Gasteiger partial charge in [0.15, 0.2) is 0 Å². The fourth-order valence-corrected chi connectivity index (χ4v) is 4.95. The lowest BCUT2D eigenvalue weighted by Crippen LogP contribution is -2.50. The molecule has 5 N–H and O–H groups in total. The number of hydrogen-bond donors (Lipinski definition) is 4. The Bertz CT molecular complexity index is 1040. The second-order valence-corrected chi connectivity index (χ2v) is 9.95. The number of nitrogens with zero attached hydrogens (tertiary/aromatic N) is 1. The summed E-state index contributed by atoms with van der Waals surface area (Å²) >= 11 is 0. The molecule has 4 atom stereocenters. The van der Waals surface area contributed by atoms with Crippen LogP contribution in [0.5, 0.6) is 0 Å². The molecule has 1 unspecified atom stereocenters. The quantitative estimate of drug-likeness (QED) is 0.537. The number of rotatable bonds is 6. The minimum absolute atomic E-state index is 0.167. The number of aromatic nitrogens is 1. The summed E-state index contributed by atoms with van der Waals surface area (Å²) in [5.74, 6) is 0.0946. The Balaban J connectivity index is 1.30. The summed E-state index contributed by atoms with van der Waals surface area (Å²) in [6.45, 7) is 6.58. The molecule has 8 heteroatoms. The second-order valence-electron chi connectivity index (χ2n) is 9.95. The number of nitrogens with one attached hydrogen (secondary N) is 3. The van der Waals surface area contributed by atoms with Crippen LogP contribution in [0, 0.1) is 11.7 Å². The molecular formula is C25H32FN5O2. The number of carbonyl (C=O) groups is 2. The molecule has 1 aliphatic carbocycles. The van der Waals surface area contributed by atoms with Crippen LogP contribution in [-0.4, -0.2) is 35.4 Å². The van der Waals surface area contributed by atoms with E-state index in [9.17, 15) is 14.0 Å². The molecule has 2 heterocycles. The van der Waals surface area contributed by atoms with Crippen molar-refractivity contribution in [1.82, 2.24) is 20.9 Å². The lowest BCUT2D eigenvalue weighted by Gasteiger charge is -2.21. The van der Waals surface area contributed by atoms with Crippen LogP contribution < -0.4 is 21.7 Å². The van der Waals surface area contributed by atoms with Gasteiger partial charge in [0, 0.05) is 5.41 Å². The summed E-state index contributed by atoms with van der Waals surface area (Å²) in [6.07, 6.45) is 2.18. The largest absolute Gasteiger partial charge is 0.384 e. The summed E-state index contributed by atoms with van der Waals surface area (Å²) in [4.78, 5) is 30.1. The minimum atomic E-state index is -0.663. The van der Waals surface area contributed by atoms with E-state index >= 15 is 0 Å². The van der Waals surface area contributed by atoms with Gasteiger partial charge < -0.3 is 21.7 Å². The Morgan fingerprint density at radius 2 is 1.97 bits per heavy atom. The minimum Gasteiger partial charge on any atom is -0.384 e. The zero-order valence-electron chi connectivity index (χ0n) is 19.3. The van der Waals surface area contributed by atoms with Crippen molar-refractivity contribution in [3.63, 3.8) is 0 Å². The van der Waals surface area contributed by atoms with Crippen LogP contribution in [0.15, 0.2) is 36.4 Å². The normalized spacial score (nSPS) is 24.2. The first-order valence-electron chi connectivity index (χ1n) is 11.5. The number of nitrogens with two attached hydrogens (primary N) is 1. The van der Waals surface area contributed by atoms with Gasteiger partial charge in [-0.2, -0.15) is 0 Å². The molecule has 0 saturated carbocycles. The lowest BCUT2D eigenvalue weighted by molar-refractivity contribution is -0.129. The number of hydrogen-bond acceptors (Lipinski definition) is 5. The van der Waals surface area contributed by atoms with Crippen LogP contribution in [0.2, 0.25) is 0 Å². The summed E-state index contributed by atoms with van der Waals surface area (Å²) in [6, 6.07) is 8.97. The highest BCUT2D eigenvalue weighted by molar-refractivity contribution is 5.90. The number of benzene rings is 1. The predicted molar refractivity (Wildman–Crippen MR) is 125 cm³/mol. The van der Waals surface area contributed by atoms with Crippen molar-refractivity contribution >= 4 is 17.6 Å². The van der Waals surface area contributed by atoms with E-state index < -0.39 is 6.04 Å². The van der Waals surface area contributed by atoms with Gasteiger partial charge in [0.05, 0.1) is 17.8 Å². The summed E-state index contributed by atoms with van der Waals surface area (Å²) in [5, 5.41) is 9.16. The molecule has 4 rings (SSSR count). The monoisotopic (exact) mass is 453 g/mol. The van der Waals surface area contributed by atoms with Crippen molar-refractivity contribution in [3.05, 3.63) is 59.0 Å². The zero-order chi connectivity index (χ0) is 23.8. The Morgan fingerprint density at radius 3 is 2.70 bits per heavy atom. The van der Waals surface area contributed by atoms with Crippen molar-refractivity contribution in [2.24, 2.45) is 5.92 Å². The van der Waals surface area contributed by atoms with E-state index in [4.69, 9.17) is 5.73 Å². The van der Waals surface area contributed by atoms with Gasteiger partial charge in [-0.25, -0.2) is 9.37 Å². The summed E-state index contributed by atoms with van der Waals surface area (Å²) in [5.41, 5.74) is 8.59. The number of nitrogen functional groups attached to an aromatic ring is 1. The van der Waals surface area contributed by atoms with Gasteiger partial charge in [-0.05, 0) is 68.0 Å². The maximum Gasteiger partial charge on any atom is 0.242 e. The van der Waals surface area contributed by atoms with Gasteiger partial charge in [-0.15, -0.1) is 0 Å². The van der Waals surface area contributed by atoms with Crippen molar-refractivity contribution in [1.29, 1.82) is 0 Å². The molecule has 1 saturated heterocycles. The highest BCUT2D eigenvalue weighted by Crippen LogP contribution is 2.43. The van der Waals surface area contributed by atoms with Crippen molar-refractivity contribution in [2.45, 2.75) is 63.6 Å². The van der Waals surface area contributed by atoms with E-state index in [1.54, 1.807) is 25.1 Å². The number of anilines is 1. The Labute approximate surface area is 193 Å². The van der Waals surface area contributed by atoms with Crippen LogP contribution in [0.1, 0.15) is 56.5 Å². The molecule has 0 bridgehead atoms. The van der Waals surface area contributed by atoms with Crippen LogP contribution in [-0.2, 0) is 21.4 Å². The van der Waals surface area contributed by atoms with E-state index in [-0.39, 0.29) is 41.0 Å². The first-order chi connectivity index (χ1) is 15.6. The predicted octanol–water partition coefficient (Wildman–Crippen LogP) is 2.37. The maximum atomic E-state index is 13.1. The van der Waals surface area contributed by atoms with E-state index in [0.29, 0.717) is 18.8 Å². The third-order valence-corrected chi connectivity index (χ3v) is 6.72. The van der Waals surface area contributed by atoms with Gasteiger partial charge in [0.2, 0.25) is 11.8 Å². The SMILES string of the molecule is C[C@H](NC(=O)[C@H]1C[C@H](Cc2ccc(F)cc2)CN1)C(=O)NC1CC(C)(C)c2nc(N)ccc21. The number of pyridine rings is 1. The van der Waals surface area contributed by atoms with Gasteiger partial charge in [-0.1, -0.05) is 32.0 Å². The van der Waals surface area contributed by atoms with Gasteiger partial charge >= 0.3 is 0 Å². The van der Waals surface area contributed by atoms with E-state index in [1.807, 2.05) is 6.07 Å². The molecule has 1 aromatic carbocycles. The van der Waals surface area contributed by atoms with Crippen LogP contribution in [0.3, 0.4) is 0 Å². The van der Waals surface area contributed by atoms with Gasteiger partial charge in [0.25, 0.3) is 0 Å². The molecule has 0 spiro atoms. The molecule has 176 valence electrons. The number of fused-ring (bicyclic) bond motifs is 1. The van der Waals surface area contributed by atoms with Crippen molar-refractivity contribution in [2.75, 3.05) is 12.3 Å². The van der Waals surface area contributed by atoms with Crippen molar-refractivity contribution < 1.29 is 14.0 Å². The molecule has 1 fully saturated rings. The molecule has 2 amide bonds. The van der Waals surface area contributed by atoms with Crippen LogP contribution >= 0.6 is 0 Å².